The van der Waals surface area contributed by atoms with Gasteiger partial charge >= 0.3 is 0 Å². The average molecular weight is 262 g/mol. The largest absolute Gasteiger partial charge is 0.294 e. The molecule has 19 heavy (non-hydrogen) atoms. The number of nitrogens with zero attached hydrogens (tertiary/aromatic N) is 6. The molecule has 0 aliphatic heterocycles. The van der Waals surface area contributed by atoms with Crippen molar-refractivity contribution in [2.45, 2.75) is 40.2 Å². The van der Waals surface area contributed by atoms with Gasteiger partial charge in [0.15, 0.2) is 11.6 Å². The molecule has 2 rings (SSSR count). The molecule has 0 aliphatic carbocycles. The third-order valence-electron chi connectivity index (χ3n) is 2.99. The van der Waals surface area contributed by atoms with E-state index >= 15 is 0 Å². The Kier molecular flexibility index (Phi) is 3.73. The molecule has 0 amide bonds. The van der Waals surface area contributed by atoms with Gasteiger partial charge in [-0.1, -0.05) is 13.8 Å². The van der Waals surface area contributed by atoms with Gasteiger partial charge in [-0.15, -0.1) is 10.2 Å². The first-order valence-corrected chi connectivity index (χ1v) is 6.39. The number of hydrogen-bond donors (Lipinski definition) is 0. The Labute approximate surface area is 111 Å². The van der Waals surface area contributed by atoms with Crippen LogP contribution in [-0.2, 0) is 26.4 Å². The van der Waals surface area contributed by atoms with Crippen LogP contribution in [0.3, 0.4) is 0 Å². The highest BCUT2D eigenvalue weighted by molar-refractivity contribution is 5.96. The number of aryl methyl sites for hydroxylation is 2. The van der Waals surface area contributed by atoms with Crippen molar-refractivity contribution in [3.8, 4) is 0 Å². The van der Waals surface area contributed by atoms with Gasteiger partial charge in [0.25, 0.3) is 0 Å². The van der Waals surface area contributed by atoms with E-state index in [-0.39, 0.29) is 5.78 Å². The lowest BCUT2D eigenvalue weighted by Crippen LogP contribution is -2.09. The number of rotatable bonds is 5. The van der Waals surface area contributed by atoms with Gasteiger partial charge < -0.3 is 0 Å². The minimum Gasteiger partial charge on any atom is -0.294 e. The Morgan fingerprint density at radius 1 is 1.21 bits per heavy atom. The van der Waals surface area contributed by atoms with Crippen LogP contribution in [0.4, 0.5) is 0 Å². The van der Waals surface area contributed by atoms with E-state index in [1.54, 1.807) is 14.0 Å². The fourth-order valence-electron chi connectivity index (χ4n) is 2.22. The maximum Gasteiger partial charge on any atom is 0.196 e. The van der Waals surface area contributed by atoms with Crippen LogP contribution in [0, 0.1) is 0 Å². The molecule has 0 aromatic carbocycles. The van der Waals surface area contributed by atoms with Crippen LogP contribution in [0.25, 0.3) is 0 Å². The van der Waals surface area contributed by atoms with E-state index in [9.17, 15) is 4.79 Å². The van der Waals surface area contributed by atoms with Gasteiger partial charge in [0, 0.05) is 5.69 Å². The lowest BCUT2D eigenvalue weighted by atomic mass is 10.1. The third-order valence-corrected chi connectivity index (χ3v) is 2.99. The van der Waals surface area contributed by atoms with Gasteiger partial charge in [-0.05, 0) is 25.0 Å². The normalized spacial score (nSPS) is 10.9. The smallest absolute Gasteiger partial charge is 0.196 e. The summed E-state index contributed by atoms with van der Waals surface area (Å²) in [6, 6.07) is 0. The van der Waals surface area contributed by atoms with Crippen LogP contribution in [0.1, 0.15) is 48.3 Å². The molecule has 0 fully saturated rings. The first-order chi connectivity index (χ1) is 9.06. The molecule has 0 bridgehead atoms. The minimum absolute atomic E-state index is 0.0621. The summed E-state index contributed by atoms with van der Waals surface area (Å²) < 4.78 is 1.81. The molecule has 102 valence electrons. The predicted molar refractivity (Wildman–Crippen MR) is 68.9 cm³/mol. The molecule has 0 spiro atoms. The minimum atomic E-state index is 0.0621. The van der Waals surface area contributed by atoms with Crippen molar-refractivity contribution in [3.63, 3.8) is 0 Å². The van der Waals surface area contributed by atoms with Gasteiger partial charge in [0.1, 0.15) is 6.54 Å². The fourth-order valence-corrected chi connectivity index (χ4v) is 2.22. The fraction of sp³-hybridized carbons (Fsp3) is 0.583. The number of aromatic nitrogens is 6. The van der Waals surface area contributed by atoms with Crippen molar-refractivity contribution in [1.82, 2.24) is 30.0 Å². The molecule has 0 saturated heterocycles. The molecule has 7 nitrogen and oxygen atoms in total. The highest BCUT2D eigenvalue weighted by atomic mass is 16.1. The third kappa shape index (κ3) is 2.54. The summed E-state index contributed by atoms with van der Waals surface area (Å²) in [7, 11) is 1.72. The Balaban J connectivity index is 2.42. The zero-order chi connectivity index (χ0) is 14.0. The molecule has 2 heterocycles. The second kappa shape index (κ2) is 5.29. The summed E-state index contributed by atoms with van der Waals surface area (Å²) in [4.78, 5) is 13.2. The van der Waals surface area contributed by atoms with Crippen LogP contribution in [-0.4, -0.2) is 35.8 Å². The molecule has 0 N–H and O–H groups in total. The van der Waals surface area contributed by atoms with Gasteiger partial charge in [0.2, 0.25) is 0 Å². The predicted octanol–water partition coefficient (Wildman–Crippen LogP) is 0.782. The number of carbonyl (C=O) groups excluding carboxylic acids is 1. The zero-order valence-corrected chi connectivity index (χ0v) is 11.7. The maximum atomic E-state index is 11.8. The van der Waals surface area contributed by atoms with Crippen LogP contribution < -0.4 is 0 Å². The molecule has 0 saturated carbocycles. The van der Waals surface area contributed by atoms with E-state index in [0.29, 0.717) is 12.4 Å². The van der Waals surface area contributed by atoms with Crippen molar-refractivity contribution in [2.75, 3.05) is 0 Å². The van der Waals surface area contributed by atoms with Crippen LogP contribution in [0.5, 0.6) is 0 Å². The van der Waals surface area contributed by atoms with Gasteiger partial charge in [-0.25, -0.2) is 0 Å². The molecule has 0 aliphatic rings. The van der Waals surface area contributed by atoms with Crippen molar-refractivity contribution in [2.24, 2.45) is 7.05 Å². The van der Waals surface area contributed by atoms with Crippen molar-refractivity contribution >= 4 is 5.78 Å². The van der Waals surface area contributed by atoms with Crippen molar-refractivity contribution < 1.29 is 4.79 Å². The molecular formula is C12H18N6O. The van der Waals surface area contributed by atoms with Crippen molar-refractivity contribution in [1.29, 1.82) is 0 Å². The zero-order valence-electron chi connectivity index (χ0n) is 11.7. The van der Waals surface area contributed by atoms with Crippen LogP contribution >= 0.6 is 0 Å². The lowest BCUT2D eigenvalue weighted by molar-refractivity contribution is 0.101. The number of hydrogen-bond acceptors (Lipinski definition) is 5. The number of ketones is 1. The number of Topliss-reactive ketones (excluding diaryl/α,β-unsaturated/α-hetero) is 1. The van der Waals surface area contributed by atoms with E-state index < -0.39 is 0 Å². The van der Waals surface area contributed by atoms with Crippen LogP contribution in [0.15, 0.2) is 0 Å². The molecule has 0 radical (unpaired) electrons. The second-order valence-electron chi connectivity index (χ2n) is 4.38. The molecular weight excluding hydrogens is 244 g/mol. The molecule has 2 aromatic rings. The summed E-state index contributed by atoms with van der Waals surface area (Å²) in [5.41, 5.74) is 2.53. The molecule has 0 atom stereocenters. The summed E-state index contributed by atoms with van der Waals surface area (Å²) in [5, 5.41) is 16.4. The monoisotopic (exact) mass is 262 g/mol. The summed E-state index contributed by atoms with van der Waals surface area (Å²) >= 11 is 0. The van der Waals surface area contributed by atoms with E-state index in [1.165, 1.54) is 4.80 Å². The Hall–Kier alpha value is -2.05. The first kappa shape index (κ1) is 13.4. The average Bonchev–Trinajstić information content (AvgIpc) is 2.93. The molecule has 7 heteroatoms. The van der Waals surface area contributed by atoms with E-state index in [4.69, 9.17) is 0 Å². The topological polar surface area (TPSA) is 78.5 Å². The first-order valence-electron chi connectivity index (χ1n) is 6.39. The maximum absolute atomic E-state index is 11.8. The second-order valence-corrected chi connectivity index (χ2v) is 4.38. The highest BCUT2D eigenvalue weighted by Crippen LogP contribution is 2.17. The standard InChI is InChI=1S/C12H18N6O/c1-5-9-12(8(3)19)10(6-2)18(14-9)7-11-13-16-17(4)15-11/h5-7H2,1-4H3. The highest BCUT2D eigenvalue weighted by Gasteiger charge is 2.19. The summed E-state index contributed by atoms with van der Waals surface area (Å²) in [5.74, 6) is 0.657. The Bertz CT molecular complexity index is 597. The molecule has 2 aromatic heterocycles. The van der Waals surface area contributed by atoms with Crippen LogP contribution in [0.2, 0.25) is 0 Å². The van der Waals surface area contributed by atoms with Gasteiger partial charge in [-0.2, -0.15) is 9.90 Å². The lowest BCUT2D eigenvalue weighted by Gasteiger charge is -2.03. The number of tetrazole rings is 1. The summed E-state index contributed by atoms with van der Waals surface area (Å²) in [6.45, 7) is 6.04. The summed E-state index contributed by atoms with van der Waals surface area (Å²) in [6.07, 6.45) is 1.49. The van der Waals surface area contributed by atoms with Crippen molar-refractivity contribution in [3.05, 3.63) is 22.8 Å². The Morgan fingerprint density at radius 3 is 2.42 bits per heavy atom. The van der Waals surface area contributed by atoms with Gasteiger partial charge in [-0.3, -0.25) is 9.48 Å². The van der Waals surface area contributed by atoms with E-state index in [2.05, 4.69) is 20.5 Å². The van der Waals surface area contributed by atoms with E-state index in [1.807, 2.05) is 18.5 Å². The SMILES string of the molecule is CCc1nn(Cc2nnn(C)n2)c(CC)c1C(C)=O. The molecule has 0 unspecified atom stereocenters. The van der Waals surface area contributed by atoms with E-state index in [0.717, 1.165) is 29.8 Å². The Morgan fingerprint density at radius 2 is 1.95 bits per heavy atom. The number of carbonyl (C=O) groups is 1. The van der Waals surface area contributed by atoms with Gasteiger partial charge in [0.05, 0.1) is 18.3 Å². The quantitative estimate of drug-likeness (QED) is 0.744.